The normalized spacial score (nSPS) is 12.4. The van der Waals surface area contributed by atoms with E-state index in [1.165, 1.54) is 22.3 Å². The average Bonchev–Trinajstić information content (AvgIpc) is 2.26. The summed E-state index contributed by atoms with van der Waals surface area (Å²) in [4.78, 5) is 4.07. The molecule has 1 aromatic rings. The molecule has 0 saturated heterocycles. The first kappa shape index (κ1) is 11.7. The van der Waals surface area contributed by atoms with Gasteiger partial charge in [-0.1, -0.05) is 31.2 Å². The topological polar surface area (TPSA) is 12.4 Å². The van der Waals surface area contributed by atoms with Crippen LogP contribution in [0.4, 0.5) is 0 Å². The lowest BCUT2D eigenvalue weighted by Crippen LogP contribution is -1.92. The summed E-state index contributed by atoms with van der Waals surface area (Å²) in [5.74, 6) is 0. The molecule has 1 rings (SSSR count). The van der Waals surface area contributed by atoms with Crippen molar-refractivity contribution >= 4 is 11.8 Å². The van der Waals surface area contributed by atoms with Gasteiger partial charge < -0.3 is 0 Å². The number of rotatable bonds is 3. The third-order valence-corrected chi connectivity index (χ3v) is 2.59. The van der Waals surface area contributed by atoms with E-state index in [1.807, 2.05) is 13.1 Å². The molecule has 0 aliphatic carbocycles. The molecule has 15 heavy (non-hydrogen) atoms. The maximum absolute atomic E-state index is 4.07. The summed E-state index contributed by atoms with van der Waals surface area (Å²) in [5.41, 5.74) is 5.18. The third kappa shape index (κ3) is 2.79. The molecule has 0 heterocycles. The largest absolute Gasteiger partial charge is 0.296 e. The molecule has 0 radical (unpaired) electrons. The second kappa shape index (κ2) is 5.50. The Labute approximate surface area is 92.6 Å². The van der Waals surface area contributed by atoms with Gasteiger partial charge in [0.1, 0.15) is 0 Å². The summed E-state index contributed by atoms with van der Waals surface area (Å²) in [6.45, 7) is 6.38. The number of benzene rings is 1. The van der Waals surface area contributed by atoms with Gasteiger partial charge in [0.15, 0.2) is 0 Å². The fourth-order valence-corrected chi connectivity index (χ4v) is 1.71. The highest BCUT2D eigenvalue weighted by Crippen LogP contribution is 2.19. The summed E-state index contributed by atoms with van der Waals surface area (Å²) < 4.78 is 0. The molecule has 1 nitrogen and oxygen atoms in total. The number of allylic oxidation sites excluding steroid dienone is 2. The van der Waals surface area contributed by atoms with Crippen molar-refractivity contribution in [3.63, 3.8) is 0 Å². The van der Waals surface area contributed by atoms with E-state index in [0.29, 0.717) is 0 Å². The highest BCUT2D eigenvalue weighted by molar-refractivity contribution is 6.10. The van der Waals surface area contributed by atoms with Crippen molar-refractivity contribution in [3.8, 4) is 0 Å². The standard InChI is InChI=1S/C14H19N/c1-5-12-7-8-14(11(3)9-12)13(6-2)10-15-4/h6-10H,5H2,1-4H3/b13-6+,15-10?. The zero-order valence-electron chi connectivity index (χ0n) is 10.0. The lowest BCUT2D eigenvalue weighted by molar-refractivity contribution is 1.13. The first-order valence-corrected chi connectivity index (χ1v) is 5.41. The summed E-state index contributed by atoms with van der Waals surface area (Å²) in [6, 6.07) is 6.63. The number of hydrogen-bond acceptors (Lipinski definition) is 1. The van der Waals surface area contributed by atoms with Gasteiger partial charge >= 0.3 is 0 Å². The monoisotopic (exact) mass is 201 g/mol. The van der Waals surface area contributed by atoms with E-state index in [1.54, 1.807) is 7.05 Å². The Balaban J connectivity index is 3.15. The predicted molar refractivity (Wildman–Crippen MR) is 68.6 cm³/mol. The van der Waals surface area contributed by atoms with Crippen LogP contribution in [0.5, 0.6) is 0 Å². The quantitative estimate of drug-likeness (QED) is 0.662. The zero-order valence-corrected chi connectivity index (χ0v) is 10.0. The molecule has 0 aromatic heterocycles. The highest BCUT2D eigenvalue weighted by Gasteiger charge is 2.02. The van der Waals surface area contributed by atoms with E-state index < -0.39 is 0 Å². The van der Waals surface area contributed by atoms with Crippen molar-refractivity contribution in [2.75, 3.05) is 7.05 Å². The number of hydrogen-bond donors (Lipinski definition) is 0. The van der Waals surface area contributed by atoms with Gasteiger partial charge in [-0.3, -0.25) is 4.99 Å². The fourth-order valence-electron chi connectivity index (χ4n) is 1.71. The maximum atomic E-state index is 4.07. The third-order valence-electron chi connectivity index (χ3n) is 2.59. The van der Waals surface area contributed by atoms with Gasteiger partial charge in [-0.2, -0.15) is 0 Å². The molecule has 0 unspecified atom stereocenters. The van der Waals surface area contributed by atoms with Crippen molar-refractivity contribution in [2.45, 2.75) is 27.2 Å². The van der Waals surface area contributed by atoms with E-state index in [2.05, 4.69) is 43.1 Å². The van der Waals surface area contributed by atoms with Crippen molar-refractivity contribution < 1.29 is 0 Å². The van der Waals surface area contributed by atoms with E-state index >= 15 is 0 Å². The van der Waals surface area contributed by atoms with Gasteiger partial charge in [0.2, 0.25) is 0 Å². The molecule has 0 N–H and O–H groups in total. The minimum absolute atomic E-state index is 1.09. The van der Waals surface area contributed by atoms with Gasteiger partial charge in [-0.25, -0.2) is 0 Å². The van der Waals surface area contributed by atoms with Crippen LogP contribution in [-0.2, 0) is 6.42 Å². The van der Waals surface area contributed by atoms with Crippen LogP contribution >= 0.6 is 0 Å². The van der Waals surface area contributed by atoms with Gasteiger partial charge in [0.25, 0.3) is 0 Å². The fraction of sp³-hybridized carbons (Fsp3) is 0.357. The summed E-state index contributed by atoms with van der Waals surface area (Å²) in [5, 5.41) is 0. The van der Waals surface area contributed by atoms with E-state index in [9.17, 15) is 0 Å². The smallest absolute Gasteiger partial charge is 0.0284 e. The van der Waals surface area contributed by atoms with Gasteiger partial charge in [-0.05, 0) is 42.5 Å². The Hall–Kier alpha value is -1.37. The molecule has 0 saturated carbocycles. The molecule has 0 atom stereocenters. The molecule has 0 aliphatic rings. The van der Waals surface area contributed by atoms with E-state index in [4.69, 9.17) is 0 Å². The summed E-state index contributed by atoms with van der Waals surface area (Å²) in [6.07, 6.45) is 5.10. The lowest BCUT2D eigenvalue weighted by atomic mass is 9.98. The number of aliphatic imine (C=N–C) groups is 1. The van der Waals surface area contributed by atoms with E-state index in [-0.39, 0.29) is 0 Å². The maximum Gasteiger partial charge on any atom is 0.0284 e. The van der Waals surface area contributed by atoms with Gasteiger partial charge in [0, 0.05) is 13.3 Å². The number of nitrogens with zero attached hydrogens (tertiary/aromatic N) is 1. The summed E-state index contributed by atoms with van der Waals surface area (Å²) >= 11 is 0. The first-order valence-electron chi connectivity index (χ1n) is 5.41. The molecule has 0 amide bonds. The molecule has 0 bridgehead atoms. The minimum atomic E-state index is 1.09. The molecule has 0 aliphatic heterocycles. The second-order valence-electron chi connectivity index (χ2n) is 3.63. The van der Waals surface area contributed by atoms with Crippen LogP contribution < -0.4 is 0 Å². The van der Waals surface area contributed by atoms with E-state index in [0.717, 1.165) is 6.42 Å². The Morgan fingerprint density at radius 1 is 1.40 bits per heavy atom. The van der Waals surface area contributed by atoms with Crippen LogP contribution in [0.3, 0.4) is 0 Å². The lowest BCUT2D eigenvalue weighted by Gasteiger charge is -2.08. The van der Waals surface area contributed by atoms with Crippen LogP contribution in [0.1, 0.15) is 30.5 Å². The van der Waals surface area contributed by atoms with Crippen molar-refractivity contribution in [1.29, 1.82) is 0 Å². The van der Waals surface area contributed by atoms with Crippen molar-refractivity contribution in [3.05, 3.63) is 41.0 Å². The first-order chi connectivity index (χ1) is 7.22. The minimum Gasteiger partial charge on any atom is -0.296 e. The van der Waals surface area contributed by atoms with Crippen molar-refractivity contribution in [1.82, 2.24) is 0 Å². The van der Waals surface area contributed by atoms with Gasteiger partial charge in [0.05, 0.1) is 0 Å². The van der Waals surface area contributed by atoms with Crippen LogP contribution in [0.25, 0.3) is 5.57 Å². The van der Waals surface area contributed by atoms with Crippen LogP contribution in [0.15, 0.2) is 29.3 Å². The molecule has 1 heteroatoms. The Morgan fingerprint density at radius 2 is 2.13 bits per heavy atom. The molecule has 0 fully saturated rings. The van der Waals surface area contributed by atoms with Crippen LogP contribution in [-0.4, -0.2) is 13.3 Å². The predicted octanol–water partition coefficient (Wildman–Crippen LogP) is 3.66. The molecule has 1 aromatic carbocycles. The SMILES string of the molecule is C/C=C(\C=NC)c1ccc(CC)cc1C. The Morgan fingerprint density at radius 3 is 2.60 bits per heavy atom. The average molecular weight is 201 g/mol. The van der Waals surface area contributed by atoms with Crippen molar-refractivity contribution in [2.24, 2.45) is 4.99 Å². The molecule has 80 valence electrons. The molecular weight excluding hydrogens is 182 g/mol. The number of aryl methyl sites for hydroxylation is 2. The Bertz CT molecular complexity index is 386. The zero-order chi connectivity index (χ0) is 11.3. The van der Waals surface area contributed by atoms with Crippen LogP contribution in [0.2, 0.25) is 0 Å². The van der Waals surface area contributed by atoms with Gasteiger partial charge in [-0.15, -0.1) is 0 Å². The highest BCUT2D eigenvalue weighted by atomic mass is 14.6. The second-order valence-corrected chi connectivity index (χ2v) is 3.63. The molecular formula is C14H19N. The van der Waals surface area contributed by atoms with Crippen LogP contribution in [0, 0.1) is 6.92 Å². The summed E-state index contributed by atoms with van der Waals surface area (Å²) in [7, 11) is 1.80. The Kier molecular flexibility index (Phi) is 4.29. The molecule has 0 spiro atoms.